The third-order valence-electron chi connectivity index (χ3n) is 5.15. The molecule has 2 aliphatic heterocycles. The zero-order valence-corrected chi connectivity index (χ0v) is 15.1. The van der Waals surface area contributed by atoms with Gasteiger partial charge in [-0.05, 0) is 47.0 Å². The summed E-state index contributed by atoms with van der Waals surface area (Å²) in [7, 11) is 0. The molecule has 0 amide bonds. The highest BCUT2D eigenvalue weighted by atomic mass is 79.9. The molecule has 124 valence electrons. The van der Waals surface area contributed by atoms with Gasteiger partial charge in [-0.2, -0.15) is 0 Å². The van der Waals surface area contributed by atoms with E-state index >= 15 is 0 Å². The Morgan fingerprint density at radius 1 is 1.29 bits per heavy atom. The van der Waals surface area contributed by atoms with Crippen LogP contribution in [-0.4, -0.2) is 17.2 Å². The predicted molar refractivity (Wildman–Crippen MR) is 95.5 cm³/mol. The molecular formula is C19H18BrNO3. The number of halogens is 1. The first-order valence-corrected chi connectivity index (χ1v) is 8.71. The molecule has 5 heteroatoms. The number of aromatic carboxylic acids is 1. The summed E-state index contributed by atoms with van der Waals surface area (Å²) >= 11 is 3.56. The number of fused-ring (bicyclic) bond motifs is 4. The van der Waals surface area contributed by atoms with E-state index in [0.717, 1.165) is 15.7 Å². The molecule has 2 aromatic carbocycles. The number of hydrogen-bond acceptors (Lipinski definition) is 3. The summed E-state index contributed by atoms with van der Waals surface area (Å²) in [5, 5.41) is 12.9. The zero-order valence-electron chi connectivity index (χ0n) is 13.5. The Hall–Kier alpha value is -1.85. The van der Waals surface area contributed by atoms with E-state index < -0.39 is 5.97 Å². The number of ether oxygens (including phenoxy) is 1. The van der Waals surface area contributed by atoms with Gasteiger partial charge in [0.15, 0.2) is 0 Å². The Bertz CT molecular complexity index is 847. The molecule has 0 bridgehead atoms. The Balaban J connectivity index is 1.86. The largest absolute Gasteiger partial charge is 0.478 e. The molecule has 0 saturated heterocycles. The standard InChI is InChI=1S/C19H18BrNO3/c1-19(2)14-7-10(18(22)23)4-6-15(14)21-16-13-8-12(20)5-3-11(13)9-24-17(16)19/h3-8,16-17,21H,9H2,1-2H3,(H,22,23)/t16-,17+/m0/s1. The number of nitrogens with one attached hydrogen (secondary N) is 1. The molecule has 0 radical (unpaired) electrons. The van der Waals surface area contributed by atoms with Crippen LogP contribution in [0.25, 0.3) is 0 Å². The fourth-order valence-corrected chi connectivity index (χ4v) is 4.24. The van der Waals surface area contributed by atoms with Gasteiger partial charge in [0.2, 0.25) is 0 Å². The molecular weight excluding hydrogens is 370 g/mol. The number of anilines is 1. The lowest BCUT2D eigenvalue weighted by Crippen LogP contribution is -2.49. The van der Waals surface area contributed by atoms with Crippen LogP contribution >= 0.6 is 15.9 Å². The van der Waals surface area contributed by atoms with E-state index in [1.54, 1.807) is 12.1 Å². The maximum atomic E-state index is 11.3. The highest BCUT2D eigenvalue weighted by Gasteiger charge is 2.46. The van der Waals surface area contributed by atoms with Crippen molar-refractivity contribution in [1.29, 1.82) is 0 Å². The van der Waals surface area contributed by atoms with Crippen LogP contribution in [0.15, 0.2) is 40.9 Å². The first kappa shape index (κ1) is 15.7. The van der Waals surface area contributed by atoms with E-state index in [1.165, 1.54) is 11.1 Å². The minimum absolute atomic E-state index is 0.0458. The number of carboxylic acids is 1. The van der Waals surface area contributed by atoms with Crippen LogP contribution in [0, 0.1) is 0 Å². The average Bonchev–Trinajstić information content (AvgIpc) is 2.54. The Morgan fingerprint density at radius 2 is 2.08 bits per heavy atom. The molecule has 0 spiro atoms. The lowest BCUT2D eigenvalue weighted by Gasteiger charge is -2.48. The molecule has 0 fully saturated rings. The highest BCUT2D eigenvalue weighted by molar-refractivity contribution is 9.10. The van der Waals surface area contributed by atoms with Crippen molar-refractivity contribution >= 4 is 27.6 Å². The Morgan fingerprint density at radius 3 is 2.83 bits per heavy atom. The molecule has 0 aromatic heterocycles. The fourth-order valence-electron chi connectivity index (χ4n) is 3.86. The van der Waals surface area contributed by atoms with Crippen molar-refractivity contribution in [1.82, 2.24) is 0 Å². The van der Waals surface area contributed by atoms with E-state index in [9.17, 15) is 9.90 Å². The topological polar surface area (TPSA) is 58.6 Å². The number of carboxylic acid groups (broad SMARTS) is 1. The van der Waals surface area contributed by atoms with E-state index in [2.05, 4.69) is 47.2 Å². The van der Waals surface area contributed by atoms with E-state index in [0.29, 0.717) is 12.2 Å². The van der Waals surface area contributed by atoms with Crippen LogP contribution in [0.2, 0.25) is 0 Å². The second kappa shape index (κ2) is 5.33. The molecule has 0 aliphatic carbocycles. The van der Waals surface area contributed by atoms with Gasteiger partial charge in [0.05, 0.1) is 24.3 Å². The number of carbonyl (C=O) groups is 1. The van der Waals surface area contributed by atoms with Crippen LogP contribution in [0.1, 0.15) is 46.9 Å². The minimum Gasteiger partial charge on any atom is -0.478 e. The van der Waals surface area contributed by atoms with Crippen LogP contribution in [0.3, 0.4) is 0 Å². The molecule has 2 atom stereocenters. The number of benzene rings is 2. The smallest absolute Gasteiger partial charge is 0.335 e. The Kier molecular flexibility index (Phi) is 3.48. The van der Waals surface area contributed by atoms with E-state index in [4.69, 9.17) is 4.74 Å². The van der Waals surface area contributed by atoms with Crippen LogP contribution in [0.4, 0.5) is 5.69 Å². The van der Waals surface area contributed by atoms with Crippen molar-refractivity contribution in [3.63, 3.8) is 0 Å². The van der Waals surface area contributed by atoms with Gasteiger partial charge in [-0.1, -0.05) is 35.8 Å². The van der Waals surface area contributed by atoms with Gasteiger partial charge in [0, 0.05) is 15.6 Å². The second-order valence-electron chi connectivity index (χ2n) is 6.98. The maximum absolute atomic E-state index is 11.3. The Labute approximate surface area is 149 Å². The van der Waals surface area contributed by atoms with Gasteiger partial charge in [-0.15, -0.1) is 0 Å². The van der Waals surface area contributed by atoms with Crippen molar-refractivity contribution in [3.8, 4) is 0 Å². The van der Waals surface area contributed by atoms with Crippen molar-refractivity contribution in [3.05, 3.63) is 63.1 Å². The lowest BCUT2D eigenvalue weighted by molar-refractivity contribution is -0.0324. The molecule has 2 aromatic rings. The quantitative estimate of drug-likeness (QED) is 0.756. The first-order valence-electron chi connectivity index (χ1n) is 7.92. The van der Waals surface area contributed by atoms with Crippen molar-refractivity contribution in [2.75, 3.05) is 5.32 Å². The van der Waals surface area contributed by atoms with Crippen LogP contribution < -0.4 is 5.32 Å². The molecule has 0 unspecified atom stereocenters. The van der Waals surface area contributed by atoms with Crippen LogP contribution in [0.5, 0.6) is 0 Å². The predicted octanol–water partition coefficient (Wildman–Crippen LogP) is 4.49. The van der Waals surface area contributed by atoms with Crippen LogP contribution in [-0.2, 0) is 16.8 Å². The van der Waals surface area contributed by atoms with Gasteiger partial charge in [-0.3, -0.25) is 0 Å². The number of rotatable bonds is 1. The highest BCUT2D eigenvalue weighted by Crippen LogP contribution is 2.49. The summed E-state index contributed by atoms with van der Waals surface area (Å²) in [4.78, 5) is 11.3. The monoisotopic (exact) mass is 387 g/mol. The molecule has 0 saturated carbocycles. The lowest BCUT2D eigenvalue weighted by atomic mass is 9.70. The molecule has 2 aliphatic rings. The summed E-state index contributed by atoms with van der Waals surface area (Å²) in [5.74, 6) is -0.908. The zero-order chi connectivity index (χ0) is 17.1. The molecule has 2 N–H and O–H groups in total. The van der Waals surface area contributed by atoms with Crippen molar-refractivity contribution in [2.24, 2.45) is 0 Å². The number of hydrogen-bond donors (Lipinski definition) is 2. The third-order valence-corrected chi connectivity index (χ3v) is 5.64. The van der Waals surface area contributed by atoms with Gasteiger partial charge < -0.3 is 15.2 Å². The maximum Gasteiger partial charge on any atom is 0.335 e. The minimum atomic E-state index is -0.908. The van der Waals surface area contributed by atoms with Gasteiger partial charge in [-0.25, -0.2) is 4.79 Å². The summed E-state index contributed by atoms with van der Waals surface area (Å²) in [6.07, 6.45) is -0.0594. The molecule has 2 heterocycles. The fraction of sp³-hybridized carbons (Fsp3) is 0.316. The van der Waals surface area contributed by atoms with Gasteiger partial charge in [0.1, 0.15) is 0 Å². The van der Waals surface area contributed by atoms with E-state index in [-0.39, 0.29) is 17.6 Å². The third kappa shape index (κ3) is 2.26. The normalized spacial score (nSPS) is 23.5. The van der Waals surface area contributed by atoms with Crippen molar-refractivity contribution < 1.29 is 14.6 Å². The summed E-state index contributed by atoms with van der Waals surface area (Å²) < 4.78 is 7.25. The second-order valence-corrected chi connectivity index (χ2v) is 7.90. The molecule has 4 nitrogen and oxygen atoms in total. The summed E-state index contributed by atoms with van der Waals surface area (Å²) in [6, 6.07) is 11.6. The van der Waals surface area contributed by atoms with Gasteiger partial charge >= 0.3 is 5.97 Å². The molecule has 24 heavy (non-hydrogen) atoms. The van der Waals surface area contributed by atoms with Gasteiger partial charge in [0.25, 0.3) is 0 Å². The molecule has 4 rings (SSSR count). The van der Waals surface area contributed by atoms with E-state index in [1.807, 2.05) is 12.1 Å². The average molecular weight is 388 g/mol. The first-order chi connectivity index (χ1) is 11.4. The SMILES string of the molecule is CC1(C)c2cc(C(=O)O)ccc2N[C@H]2c3cc(Br)ccc3CO[C@H]21. The summed E-state index contributed by atoms with van der Waals surface area (Å²) in [5.41, 5.74) is 4.40. The van der Waals surface area contributed by atoms with Crippen molar-refractivity contribution in [2.45, 2.75) is 38.0 Å². The summed E-state index contributed by atoms with van der Waals surface area (Å²) in [6.45, 7) is 4.82.